The van der Waals surface area contributed by atoms with Crippen LogP contribution in [0.15, 0.2) is 36.7 Å². The van der Waals surface area contributed by atoms with Crippen LogP contribution in [0, 0.1) is 5.41 Å². The SMILES string of the molecule is CC1(C)CCC(Nc2cc(Cl)ccc2-n2cccn2)C1. The molecule has 1 aliphatic carbocycles. The maximum absolute atomic E-state index is 6.15. The van der Waals surface area contributed by atoms with E-state index in [1.54, 1.807) is 6.20 Å². The molecular formula is C16H20ClN3. The van der Waals surface area contributed by atoms with Crippen LogP contribution in [0.2, 0.25) is 5.02 Å². The number of aromatic nitrogens is 2. The minimum atomic E-state index is 0.433. The largest absolute Gasteiger partial charge is 0.381 e. The Morgan fingerprint density at radius 3 is 2.90 bits per heavy atom. The molecular weight excluding hydrogens is 270 g/mol. The maximum atomic E-state index is 6.15. The van der Waals surface area contributed by atoms with Crippen LogP contribution in [-0.4, -0.2) is 15.8 Å². The van der Waals surface area contributed by atoms with Crippen LogP contribution < -0.4 is 5.32 Å². The van der Waals surface area contributed by atoms with Gasteiger partial charge in [-0.1, -0.05) is 25.4 Å². The van der Waals surface area contributed by atoms with E-state index in [4.69, 9.17) is 11.6 Å². The molecule has 3 rings (SSSR count). The molecule has 4 heteroatoms. The first-order valence-electron chi connectivity index (χ1n) is 7.10. The van der Waals surface area contributed by atoms with Gasteiger partial charge in [-0.25, -0.2) is 4.68 Å². The van der Waals surface area contributed by atoms with Gasteiger partial charge in [-0.2, -0.15) is 5.10 Å². The van der Waals surface area contributed by atoms with Gasteiger partial charge in [-0.3, -0.25) is 0 Å². The van der Waals surface area contributed by atoms with E-state index in [-0.39, 0.29) is 0 Å². The minimum Gasteiger partial charge on any atom is -0.381 e. The molecule has 0 amide bonds. The monoisotopic (exact) mass is 289 g/mol. The van der Waals surface area contributed by atoms with Crippen molar-refractivity contribution in [1.29, 1.82) is 0 Å². The minimum absolute atomic E-state index is 0.433. The Bertz CT molecular complexity index is 590. The molecule has 1 aliphatic rings. The number of nitrogens with one attached hydrogen (secondary N) is 1. The van der Waals surface area contributed by atoms with Gasteiger partial charge in [0.15, 0.2) is 0 Å². The number of hydrogen-bond acceptors (Lipinski definition) is 2. The summed E-state index contributed by atoms with van der Waals surface area (Å²) in [5.74, 6) is 0. The number of rotatable bonds is 3. The molecule has 1 aromatic heterocycles. The number of halogens is 1. The first kappa shape index (κ1) is 13.5. The lowest BCUT2D eigenvalue weighted by Gasteiger charge is -2.20. The van der Waals surface area contributed by atoms with Gasteiger partial charge >= 0.3 is 0 Å². The third kappa shape index (κ3) is 2.83. The van der Waals surface area contributed by atoms with Gasteiger partial charge < -0.3 is 5.32 Å². The zero-order valence-corrected chi connectivity index (χ0v) is 12.7. The van der Waals surface area contributed by atoms with Gasteiger partial charge in [0, 0.05) is 23.5 Å². The van der Waals surface area contributed by atoms with Crippen LogP contribution in [0.1, 0.15) is 33.1 Å². The number of hydrogen-bond donors (Lipinski definition) is 1. The Morgan fingerprint density at radius 2 is 2.25 bits per heavy atom. The fourth-order valence-electron chi connectivity index (χ4n) is 3.01. The number of nitrogens with zero attached hydrogens (tertiary/aromatic N) is 2. The first-order valence-corrected chi connectivity index (χ1v) is 7.47. The predicted octanol–water partition coefficient (Wildman–Crippen LogP) is 4.52. The van der Waals surface area contributed by atoms with Crippen molar-refractivity contribution >= 4 is 17.3 Å². The molecule has 0 spiro atoms. The Labute approximate surface area is 124 Å². The van der Waals surface area contributed by atoms with Crippen molar-refractivity contribution in [3.8, 4) is 5.69 Å². The molecule has 0 radical (unpaired) electrons. The Hall–Kier alpha value is -1.48. The Morgan fingerprint density at radius 1 is 1.40 bits per heavy atom. The molecule has 0 bridgehead atoms. The van der Waals surface area contributed by atoms with Crippen LogP contribution in [0.4, 0.5) is 5.69 Å². The smallest absolute Gasteiger partial charge is 0.0877 e. The van der Waals surface area contributed by atoms with Crippen molar-refractivity contribution in [2.45, 2.75) is 39.2 Å². The van der Waals surface area contributed by atoms with Crippen molar-refractivity contribution in [3.05, 3.63) is 41.7 Å². The number of benzene rings is 1. The van der Waals surface area contributed by atoms with Gasteiger partial charge in [0.25, 0.3) is 0 Å². The third-order valence-electron chi connectivity index (χ3n) is 4.04. The Balaban J connectivity index is 1.87. The fraction of sp³-hybridized carbons (Fsp3) is 0.438. The highest BCUT2D eigenvalue weighted by atomic mass is 35.5. The van der Waals surface area contributed by atoms with E-state index >= 15 is 0 Å². The average molecular weight is 290 g/mol. The van der Waals surface area contributed by atoms with Crippen LogP contribution in [0.25, 0.3) is 5.69 Å². The summed E-state index contributed by atoms with van der Waals surface area (Å²) in [6.07, 6.45) is 7.41. The topological polar surface area (TPSA) is 29.9 Å². The second-order valence-electron chi connectivity index (χ2n) is 6.36. The van der Waals surface area contributed by atoms with Crippen molar-refractivity contribution in [2.75, 3.05) is 5.32 Å². The van der Waals surface area contributed by atoms with Crippen LogP contribution in [-0.2, 0) is 0 Å². The molecule has 20 heavy (non-hydrogen) atoms. The summed E-state index contributed by atoms with van der Waals surface area (Å²) in [5, 5.41) is 8.71. The van der Waals surface area contributed by atoms with Gasteiger partial charge in [-0.05, 0) is 48.9 Å². The molecule has 1 saturated carbocycles. The molecule has 1 heterocycles. The van der Waals surface area contributed by atoms with Crippen molar-refractivity contribution in [2.24, 2.45) is 5.41 Å². The second kappa shape index (κ2) is 5.13. The summed E-state index contributed by atoms with van der Waals surface area (Å²) in [4.78, 5) is 0. The van der Waals surface area contributed by atoms with Crippen LogP contribution in [0.3, 0.4) is 0 Å². The zero-order chi connectivity index (χ0) is 14.2. The normalized spacial score (nSPS) is 21.1. The standard InChI is InChI=1S/C16H20ClN3/c1-16(2)7-6-13(11-16)19-14-10-12(17)4-5-15(14)20-9-3-8-18-20/h3-5,8-10,13,19H,6-7,11H2,1-2H3. The molecule has 0 aliphatic heterocycles. The molecule has 1 N–H and O–H groups in total. The van der Waals surface area contributed by atoms with E-state index in [0.29, 0.717) is 11.5 Å². The zero-order valence-electron chi connectivity index (χ0n) is 11.9. The maximum Gasteiger partial charge on any atom is 0.0877 e. The van der Waals surface area contributed by atoms with E-state index in [2.05, 4.69) is 24.3 Å². The van der Waals surface area contributed by atoms with Crippen LogP contribution in [0.5, 0.6) is 0 Å². The van der Waals surface area contributed by atoms with Gasteiger partial charge in [0.1, 0.15) is 0 Å². The Kier molecular flexibility index (Phi) is 3.47. The highest BCUT2D eigenvalue weighted by molar-refractivity contribution is 6.31. The lowest BCUT2D eigenvalue weighted by molar-refractivity contribution is 0.378. The van der Waals surface area contributed by atoms with E-state index in [9.17, 15) is 0 Å². The summed E-state index contributed by atoms with van der Waals surface area (Å²) in [7, 11) is 0. The lowest BCUT2D eigenvalue weighted by atomic mass is 9.92. The quantitative estimate of drug-likeness (QED) is 0.900. The highest BCUT2D eigenvalue weighted by Crippen LogP contribution is 2.39. The van der Waals surface area contributed by atoms with Crippen molar-refractivity contribution in [1.82, 2.24) is 9.78 Å². The van der Waals surface area contributed by atoms with Gasteiger partial charge in [0.2, 0.25) is 0 Å². The molecule has 106 valence electrons. The highest BCUT2D eigenvalue weighted by Gasteiger charge is 2.31. The van der Waals surface area contributed by atoms with E-state index in [1.807, 2.05) is 35.1 Å². The molecule has 1 fully saturated rings. The summed E-state index contributed by atoms with van der Waals surface area (Å²) >= 11 is 6.15. The lowest BCUT2D eigenvalue weighted by Crippen LogP contribution is -2.18. The molecule has 1 aromatic carbocycles. The summed E-state index contributed by atoms with van der Waals surface area (Å²) in [6, 6.07) is 8.35. The van der Waals surface area contributed by atoms with E-state index in [1.165, 1.54) is 19.3 Å². The predicted molar refractivity (Wildman–Crippen MR) is 83.6 cm³/mol. The van der Waals surface area contributed by atoms with Crippen molar-refractivity contribution < 1.29 is 0 Å². The third-order valence-corrected chi connectivity index (χ3v) is 4.27. The second-order valence-corrected chi connectivity index (χ2v) is 6.80. The van der Waals surface area contributed by atoms with Gasteiger partial charge in [-0.15, -0.1) is 0 Å². The molecule has 0 saturated heterocycles. The molecule has 1 unspecified atom stereocenters. The molecule has 1 atom stereocenters. The first-order chi connectivity index (χ1) is 9.53. The van der Waals surface area contributed by atoms with E-state index in [0.717, 1.165) is 16.4 Å². The summed E-state index contributed by atoms with van der Waals surface area (Å²) in [5.41, 5.74) is 2.54. The van der Waals surface area contributed by atoms with Crippen LogP contribution >= 0.6 is 11.6 Å². The fourth-order valence-corrected chi connectivity index (χ4v) is 3.19. The van der Waals surface area contributed by atoms with Gasteiger partial charge in [0.05, 0.1) is 11.4 Å². The average Bonchev–Trinajstić information content (AvgIpc) is 2.99. The summed E-state index contributed by atoms with van der Waals surface area (Å²) < 4.78 is 1.87. The molecule has 2 aromatic rings. The van der Waals surface area contributed by atoms with Crippen molar-refractivity contribution in [3.63, 3.8) is 0 Å². The van der Waals surface area contributed by atoms with E-state index < -0.39 is 0 Å². The molecule has 3 nitrogen and oxygen atoms in total. The summed E-state index contributed by atoms with van der Waals surface area (Å²) in [6.45, 7) is 4.67. The number of anilines is 1.